The van der Waals surface area contributed by atoms with Crippen molar-refractivity contribution in [1.29, 1.82) is 0 Å². The fraction of sp³-hybridized carbons (Fsp3) is 0.667. The normalized spacial score (nSPS) is 31.9. The van der Waals surface area contributed by atoms with Crippen molar-refractivity contribution in [1.82, 2.24) is 15.2 Å². The monoisotopic (exact) mass is 601 g/mol. The minimum atomic E-state index is -3.70. The lowest BCUT2D eigenvalue weighted by Gasteiger charge is -2.58. The standard InChI is InChI=1S/C30H39N3O6S2/c1-18-6-8-23(9-7-18)41(36,37)33-29(10-11-29)17-38-28-26(40-22-4-2-3-5-22)25(39-32-28)27(34)31-24-20-12-19-13-21(24)16-30(35,14-19)15-20/h6-9,19-22,24,33,35H,2-5,10-17H2,1H3,(H,31,34)/t19?,20?,21?,24-,30-. The van der Waals surface area contributed by atoms with E-state index in [2.05, 4.69) is 15.2 Å². The fourth-order valence-electron chi connectivity index (χ4n) is 7.91. The van der Waals surface area contributed by atoms with Gasteiger partial charge in [-0.2, -0.15) is 0 Å². The molecule has 2 unspecified atom stereocenters. The SMILES string of the molecule is Cc1ccc(S(=O)(=O)NC2(COc3noc(C(=O)N[C@H]4C5CC6CC4C[C@](O)(C6)C5)c3SC3CCCC3)CC2)cc1. The number of nitrogens with zero attached hydrogens (tertiary/aromatic N) is 1. The van der Waals surface area contributed by atoms with Crippen molar-refractivity contribution in [3.05, 3.63) is 35.6 Å². The number of hydrogen-bond donors (Lipinski definition) is 3. The van der Waals surface area contributed by atoms with Crippen LogP contribution in [0.2, 0.25) is 0 Å². The van der Waals surface area contributed by atoms with Crippen LogP contribution >= 0.6 is 11.8 Å². The van der Waals surface area contributed by atoms with Crippen molar-refractivity contribution in [2.24, 2.45) is 17.8 Å². The summed E-state index contributed by atoms with van der Waals surface area (Å²) in [4.78, 5) is 14.5. The zero-order chi connectivity index (χ0) is 28.4. The zero-order valence-electron chi connectivity index (χ0n) is 23.4. The second kappa shape index (κ2) is 10.3. The van der Waals surface area contributed by atoms with Crippen LogP contribution in [0.3, 0.4) is 0 Å². The van der Waals surface area contributed by atoms with Crippen LogP contribution in [0.1, 0.15) is 86.7 Å². The molecule has 222 valence electrons. The van der Waals surface area contributed by atoms with Crippen molar-refractivity contribution >= 4 is 27.7 Å². The zero-order valence-corrected chi connectivity index (χ0v) is 25.1. The number of thioether (sulfide) groups is 1. The average Bonchev–Trinajstić information content (AvgIpc) is 3.28. The Hall–Kier alpha value is -2.08. The Morgan fingerprint density at radius 1 is 1.12 bits per heavy atom. The smallest absolute Gasteiger partial charge is 0.291 e. The molecule has 6 aliphatic rings. The second-order valence-corrected chi connectivity index (χ2v) is 16.3. The van der Waals surface area contributed by atoms with Crippen LogP contribution in [-0.2, 0) is 10.0 Å². The van der Waals surface area contributed by atoms with Crippen molar-refractivity contribution in [2.75, 3.05) is 6.61 Å². The average molecular weight is 602 g/mol. The Kier molecular flexibility index (Phi) is 6.95. The summed E-state index contributed by atoms with van der Waals surface area (Å²) in [5.74, 6) is 1.29. The van der Waals surface area contributed by atoms with Crippen molar-refractivity contribution < 1.29 is 27.6 Å². The molecule has 0 radical (unpaired) electrons. The molecule has 3 N–H and O–H groups in total. The molecule has 6 fully saturated rings. The third kappa shape index (κ3) is 5.55. The summed E-state index contributed by atoms with van der Waals surface area (Å²) in [5.41, 5.74) is -0.276. The molecule has 41 heavy (non-hydrogen) atoms. The fourth-order valence-corrected chi connectivity index (χ4v) is 10.7. The number of benzene rings is 1. The van der Waals surface area contributed by atoms with Gasteiger partial charge in [-0.3, -0.25) is 4.79 Å². The maximum Gasteiger partial charge on any atom is 0.291 e. The number of carbonyl (C=O) groups is 1. The first kappa shape index (κ1) is 27.7. The molecule has 2 atom stereocenters. The highest BCUT2D eigenvalue weighted by Gasteiger charge is 2.55. The molecule has 1 aromatic carbocycles. The van der Waals surface area contributed by atoms with Crippen molar-refractivity contribution in [3.63, 3.8) is 0 Å². The number of sulfonamides is 1. The molecule has 0 saturated heterocycles. The summed E-state index contributed by atoms with van der Waals surface area (Å²) in [7, 11) is -3.70. The van der Waals surface area contributed by atoms with E-state index < -0.39 is 21.2 Å². The Bertz CT molecular complexity index is 1400. The molecule has 0 aliphatic heterocycles. The van der Waals surface area contributed by atoms with Crippen LogP contribution in [0, 0.1) is 24.7 Å². The van der Waals surface area contributed by atoms with E-state index in [4.69, 9.17) is 9.26 Å². The highest BCUT2D eigenvalue weighted by molar-refractivity contribution is 8.00. The minimum absolute atomic E-state index is 0.0315. The largest absolute Gasteiger partial charge is 0.473 e. The lowest BCUT2D eigenvalue weighted by molar-refractivity contribution is -0.137. The summed E-state index contributed by atoms with van der Waals surface area (Å²) in [6.07, 6.45) is 10.2. The summed E-state index contributed by atoms with van der Waals surface area (Å²) in [6, 6.07) is 6.81. The maximum atomic E-state index is 13.6. The van der Waals surface area contributed by atoms with E-state index in [9.17, 15) is 18.3 Å². The molecule has 9 nitrogen and oxygen atoms in total. The molecule has 4 bridgehead atoms. The van der Waals surface area contributed by atoms with Gasteiger partial charge in [0.15, 0.2) is 0 Å². The Morgan fingerprint density at radius 2 is 1.80 bits per heavy atom. The highest BCUT2D eigenvalue weighted by atomic mass is 32.2. The molecule has 1 heterocycles. The maximum absolute atomic E-state index is 13.6. The summed E-state index contributed by atoms with van der Waals surface area (Å²) < 4.78 is 40.7. The Labute approximate surface area is 245 Å². The Morgan fingerprint density at radius 3 is 2.44 bits per heavy atom. The number of carbonyl (C=O) groups excluding carboxylic acids is 1. The van der Waals surface area contributed by atoms with Crippen LogP contribution in [0.25, 0.3) is 0 Å². The number of ether oxygens (including phenoxy) is 1. The van der Waals surface area contributed by atoms with E-state index in [1.165, 1.54) is 0 Å². The molecule has 6 aliphatic carbocycles. The van der Waals surface area contributed by atoms with Gasteiger partial charge < -0.3 is 19.7 Å². The van der Waals surface area contributed by atoms with Crippen LogP contribution in [-0.4, -0.2) is 53.6 Å². The first-order valence-corrected chi connectivity index (χ1v) is 17.4. The third-order valence-corrected chi connectivity index (χ3v) is 13.0. The molecule has 1 amide bonds. The number of rotatable bonds is 10. The number of hydrogen-bond acceptors (Lipinski definition) is 8. The van der Waals surface area contributed by atoms with E-state index in [1.807, 2.05) is 6.92 Å². The van der Waals surface area contributed by atoms with Gasteiger partial charge in [-0.05, 0) is 99.8 Å². The lowest BCUT2D eigenvalue weighted by atomic mass is 9.52. The van der Waals surface area contributed by atoms with E-state index >= 15 is 0 Å². The topological polar surface area (TPSA) is 131 Å². The number of aliphatic hydroxyl groups is 1. The van der Waals surface area contributed by atoms with Crippen LogP contribution in [0.4, 0.5) is 0 Å². The van der Waals surface area contributed by atoms with Gasteiger partial charge in [0.2, 0.25) is 15.8 Å². The number of aryl methyl sites for hydroxylation is 1. The van der Waals surface area contributed by atoms with E-state index in [0.717, 1.165) is 63.4 Å². The lowest BCUT2D eigenvalue weighted by Crippen LogP contribution is -2.61. The van der Waals surface area contributed by atoms with Gasteiger partial charge in [0.1, 0.15) is 11.5 Å². The number of amides is 1. The van der Waals surface area contributed by atoms with Crippen LogP contribution in [0.5, 0.6) is 5.88 Å². The van der Waals surface area contributed by atoms with Gasteiger partial charge >= 0.3 is 0 Å². The molecule has 1 aromatic heterocycles. The van der Waals surface area contributed by atoms with Crippen LogP contribution < -0.4 is 14.8 Å². The minimum Gasteiger partial charge on any atom is -0.473 e. The predicted octanol–water partition coefficient (Wildman–Crippen LogP) is 4.58. The van der Waals surface area contributed by atoms with Gasteiger partial charge in [-0.15, -0.1) is 11.8 Å². The summed E-state index contributed by atoms with van der Waals surface area (Å²) in [6.45, 7) is 2.03. The first-order chi connectivity index (χ1) is 19.6. The molecule has 11 heteroatoms. The molecule has 0 spiro atoms. The van der Waals surface area contributed by atoms with Gasteiger partial charge in [-0.25, -0.2) is 13.1 Å². The summed E-state index contributed by atoms with van der Waals surface area (Å²) in [5, 5.41) is 18.7. The molecular formula is C30H39N3O6S2. The van der Waals surface area contributed by atoms with Gasteiger partial charge in [0.05, 0.1) is 16.0 Å². The number of nitrogens with one attached hydrogen (secondary N) is 2. The highest BCUT2D eigenvalue weighted by Crippen LogP contribution is 2.55. The number of aromatic nitrogens is 1. The van der Waals surface area contributed by atoms with E-state index in [1.54, 1.807) is 36.0 Å². The molecule has 6 saturated carbocycles. The van der Waals surface area contributed by atoms with Crippen LogP contribution in [0.15, 0.2) is 38.6 Å². The molecular weight excluding hydrogens is 562 g/mol. The summed E-state index contributed by atoms with van der Waals surface area (Å²) >= 11 is 1.59. The van der Waals surface area contributed by atoms with Crippen molar-refractivity contribution in [3.8, 4) is 5.88 Å². The molecule has 8 rings (SSSR count). The Balaban J connectivity index is 1.07. The molecule has 2 aromatic rings. The quantitative estimate of drug-likeness (QED) is 0.361. The van der Waals surface area contributed by atoms with Gasteiger partial charge in [0, 0.05) is 11.3 Å². The predicted molar refractivity (Wildman–Crippen MR) is 153 cm³/mol. The first-order valence-electron chi connectivity index (χ1n) is 15.0. The second-order valence-electron chi connectivity index (χ2n) is 13.4. The third-order valence-electron chi connectivity index (χ3n) is 9.97. The van der Waals surface area contributed by atoms with Gasteiger partial charge in [0.25, 0.3) is 11.8 Å². The van der Waals surface area contributed by atoms with Gasteiger partial charge in [-0.1, -0.05) is 30.5 Å². The van der Waals surface area contributed by atoms with E-state index in [-0.39, 0.29) is 46.9 Å². The van der Waals surface area contributed by atoms with E-state index in [0.29, 0.717) is 28.9 Å². The van der Waals surface area contributed by atoms with Crippen molar-refractivity contribution in [2.45, 2.75) is 110 Å².